The van der Waals surface area contributed by atoms with E-state index >= 15 is 0 Å². The highest BCUT2D eigenvalue weighted by Gasteiger charge is 2.33. The summed E-state index contributed by atoms with van der Waals surface area (Å²) in [6.07, 6.45) is 0. The molecule has 7 heteroatoms. The largest absolute Gasteiger partial charge is 0.321 e. The molecule has 0 saturated carbocycles. The van der Waals surface area contributed by atoms with Crippen molar-refractivity contribution in [2.75, 3.05) is 5.32 Å². The van der Waals surface area contributed by atoms with E-state index in [-0.39, 0.29) is 11.0 Å². The van der Waals surface area contributed by atoms with Crippen LogP contribution in [-0.4, -0.2) is 16.1 Å². The van der Waals surface area contributed by atoms with Gasteiger partial charge in [-0.1, -0.05) is 91.0 Å². The molecular weight excluding hydrogens is 445 g/mol. The molecule has 6 nitrogen and oxygen atoms in total. The lowest BCUT2D eigenvalue weighted by Crippen LogP contribution is -2.35. The van der Waals surface area contributed by atoms with Crippen LogP contribution in [0.3, 0.4) is 0 Å². The van der Waals surface area contributed by atoms with Crippen LogP contribution in [0, 0.1) is 21.4 Å². The first-order chi connectivity index (χ1) is 16.6. The van der Waals surface area contributed by atoms with Gasteiger partial charge in [0.15, 0.2) is 0 Å². The summed E-state index contributed by atoms with van der Waals surface area (Å²) in [4.78, 5) is 24.1. The minimum absolute atomic E-state index is 0.0813. The first kappa shape index (κ1) is 22.7. The maximum atomic E-state index is 13.7. The predicted octanol–water partition coefficient (Wildman–Crippen LogP) is 4.22. The molecule has 0 fully saturated rings. The van der Waals surface area contributed by atoms with Crippen LogP contribution >= 0.6 is 6.89 Å². The number of nitro benzene ring substituents is 1. The molecule has 0 bridgehead atoms. The van der Waals surface area contributed by atoms with E-state index in [4.69, 9.17) is 0 Å². The molecule has 0 atom stereocenters. The fraction of sp³-hybridized carbons (Fsp3) is 0. The standard InChI is InChI=1S/C27H20N3O3P/c28-20-26(27(31)29-21-16-18-22(19-17-21)30(32)33)34(23-10-4-1-5-11-23,24-12-6-2-7-13-24)25-14-8-3-9-15-25/h1-19H,(H,29,31). The topological polar surface area (TPSA) is 96.0 Å². The quantitative estimate of drug-likeness (QED) is 0.262. The number of nitrogens with one attached hydrogen (secondary N) is 1. The number of non-ortho nitro benzene ring substituents is 1. The number of nitriles is 1. The number of rotatable bonds is 6. The Bertz CT molecular complexity index is 1310. The van der Waals surface area contributed by atoms with Gasteiger partial charge in [-0.3, -0.25) is 14.9 Å². The van der Waals surface area contributed by atoms with Crippen LogP contribution in [0.4, 0.5) is 11.4 Å². The number of hydrogen-bond donors (Lipinski definition) is 1. The molecule has 0 aromatic heterocycles. The van der Waals surface area contributed by atoms with Gasteiger partial charge in [0.05, 0.1) is 4.92 Å². The van der Waals surface area contributed by atoms with Crippen LogP contribution in [-0.2, 0) is 4.79 Å². The van der Waals surface area contributed by atoms with Crippen LogP contribution in [0.1, 0.15) is 0 Å². The molecule has 0 unspecified atom stereocenters. The second-order valence-electron chi connectivity index (χ2n) is 7.40. The molecule has 0 radical (unpaired) electrons. The Morgan fingerprint density at radius 1 is 0.735 bits per heavy atom. The summed E-state index contributed by atoms with van der Waals surface area (Å²) in [6.45, 7) is -2.85. The van der Waals surface area contributed by atoms with E-state index in [1.54, 1.807) is 0 Å². The third-order valence-electron chi connectivity index (χ3n) is 5.42. The van der Waals surface area contributed by atoms with Gasteiger partial charge in [-0.2, -0.15) is 5.26 Å². The van der Waals surface area contributed by atoms with Gasteiger partial charge in [0.2, 0.25) is 0 Å². The highest BCUT2D eigenvalue weighted by molar-refractivity contribution is 7.97. The van der Waals surface area contributed by atoms with E-state index in [1.165, 1.54) is 24.3 Å². The minimum Gasteiger partial charge on any atom is -0.321 e. The van der Waals surface area contributed by atoms with Gasteiger partial charge in [-0.25, -0.2) is 0 Å². The van der Waals surface area contributed by atoms with Gasteiger partial charge in [0, 0.05) is 24.7 Å². The van der Waals surface area contributed by atoms with Crippen molar-refractivity contribution in [3.63, 3.8) is 0 Å². The van der Waals surface area contributed by atoms with E-state index in [1.807, 2.05) is 91.0 Å². The van der Waals surface area contributed by atoms with Crippen molar-refractivity contribution in [1.29, 1.82) is 5.26 Å². The second-order valence-corrected chi connectivity index (χ2v) is 10.7. The summed E-state index contributed by atoms with van der Waals surface area (Å²) < 4.78 is 0. The van der Waals surface area contributed by atoms with E-state index in [9.17, 15) is 20.2 Å². The molecule has 0 saturated heterocycles. The first-order valence-electron chi connectivity index (χ1n) is 10.5. The lowest BCUT2D eigenvalue weighted by atomic mass is 10.3. The number of amides is 1. The smallest absolute Gasteiger partial charge is 0.269 e. The summed E-state index contributed by atoms with van der Waals surface area (Å²) >= 11 is 0. The molecule has 0 spiro atoms. The van der Waals surface area contributed by atoms with Gasteiger partial charge in [0.1, 0.15) is 11.4 Å². The van der Waals surface area contributed by atoms with Crippen molar-refractivity contribution in [1.82, 2.24) is 0 Å². The number of benzene rings is 4. The van der Waals surface area contributed by atoms with E-state index in [0.29, 0.717) is 5.69 Å². The zero-order chi connectivity index (χ0) is 24.0. The Labute approximate surface area is 197 Å². The fourth-order valence-corrected chi connectivity index (χ4v) is 7.96. The van der Waals surface area contributed by atoms with Crippen LogP contribution in [0.5, 0.6) is 0 Å². The average molecular weight is 465 g/mol. The van der Waals surface area contributed by atoms with Crippen molar-refractivity contribution in [3.05, 3.63) is 125 Å². The van der Waals surface area contributed by atoms with Gasteiger partial charge < -0.3 is 5.32 Å². The van der Waals surface area contributed by atoms with Crippen molar-refractivity contribution in [3.8, 4) is 6.07 Å². The van der Waals surface area contributed by atoms with E-state index < -0.39 is 17.7 Å². The van der Waals surface area contributed by atoms with Gasteiger partial charge in [-0.15, -0.1) is 0 Å². The minimum atomic E-state index is -2.85. The van der Waals surface area contributed by atoms with Crippen LogP contribution in [0.15, 0.2) is 115 Å². The van der Waals surface area contributed by atoms with E-state index in [2.05, 4.69) is 11.4 Å². The lowest BCUT2D eigenvalue weighted by molar-refractivity contribution is -0.384. The zero-order valence-corrected chi connectivity index (χ0v) is 18.9. The molecule has 1 amide bonds. The summed E-state index contributed by atoms with van der Waals surface area (Å²) in [6, 6.07) is 36.6. The highest BCUT2D eigenvalue weighted by atomic mass is 31.2. The molecule has 4 aromatic rings. The number of nitro groups is 1. The highest BCUT2D eigenvalue weighted by Crippen LogP contribution is 2.46. The Kier molecular flexibility index (Phi) is 6.68. The SMILES string of the molecule is N#CC(C(=O)Nc1ccc([N+](=O)[O-])cc1)=P(c1ccccc1)(c1ccccc1)c1ccccc1. The summed E-state index contributed by atoms with van der Waals surface area (Å²) in [5, 5.41) is 26.9. The normalized spacial score (nSPS) is 10.7. The van der Waals surface area contributed by atoms with Gasteiger partial charge >= 0.3 is 0 Å². The molecule has 166 valence electrons. The Morgan fingerprint density at radius 2 is 1.15 bits per heavy atom. The zero-order valence-electron chi connectivity index (χ0n) is 18.0. The van der Waals surface area contributed by atoms with Gasteiger partial charge in [-0.05, 0) is 28.0 Å². The maximum Gasteiger partial charge on any atom is 0.269 e. The first-order valence-corrected chi connectivity index (χ1v) is 12.3. The molecule has 0 aliphatic rings. The number of nitrogens with zero attached hydrogens (tertiary/aromatic N) is 2. The third kappa shape index (κ3) is 4.25. The van der Waals surface area contributed by atoms with Crippen molar-refractivity contribution in [2.24, 2.45) is 0 Å². The molecule has 0 aliphatic carbocycles. The number of carbonyl (C=O) groups excluding carboxylic acids is 1. The maximum absolute atomic E-state index is 13.7. The Balaban J connectivity index is 2.00. The number of hydrogen-bond acceptors (Lipinski definition) is 4. The Hall–Kier alpha value is -4.46. The molecular formula is C27H20N3O3P. The molecule has 0 aliphatic heterocycles. The van der Waals surface area contributed by atoms with E-state index in [0.717, 1.165) is 15.9 Å². The monoisotopic (exact) mass is 465 g/mol. The van der Waals surface area contributed by atoms with Crippen LogP contribution < -0.4 is 21.2 Å². The molecule has 0 heterocycles. The average Bonchev–Trinajstić information content (AvgIpc) is 2.89. The van der Waals surface area contributed by atoms with Crippen LogP contribution in [0.25, 0.3) is 0 Å². The Morgan fingerprint density at radius 3 is 1.50 bits per heavy atom. The molecule has 4 rings (SSSR count). The summed E-state index contributed by atoms with van der Waals surface area (Å²) in [5.74, 6) is -0.541. The molecule has 1 N–H and O–H groups in total. The van der Waals surface area contributed by atoms with Crippen molar-refractivity contribution >= 4 is 45.4 Å². The number of carbonyl (C=O) groups is 1. The summed E-state index contributed by atoms with van der Waals surface area (Å²) in [7, 11) is 0. The third-order valence-corrected chi connectivity index (χ3v) is 9.61. The number of anilines is 1. The van der Waals surface area contributed by atoms with Gasteiger partial charge in [0.25, 0.3) is 11.6 Å². The molecule has 34 heavy (non-hydrogen) atoms. The lowest BCUT2D eigenvalue weighted by Gasteiger charge is -2.30. The van der Waals surface area contributed by atoms with Crippen LogP contribution in [0.2, 0.25) is 0 Å². The molecule has 4 aromatic carbocycles. The van der Waals surface area contributed by atoms with Crippen molar-refractivity contribution in [2.45, 2.75) is 0 Å². The summed E-state index contributed by atoms with van der Waals surface area (Å²) in [5.41, 5.74) is 0.290. The fourth-order valence-electron chi connectivity index (χ4n) is 3.92. The predicted molar refractivity (Wildman–Crippen MR) is 137 cm³/mol. The van der Waals surface area contributed by atoms with Crippen molar-refractivity contribution < 1.29 is 9.72 Å². The second kappa shape index (κ2) is 9.99.